The summed E-state index contributed by atoms with van der Waals surface area (Å²) in [6, 6.07) is 0. The Hall–Kier alpha value is -0.700. The van der Waals surface area contributed by atoms with Crippen LogP contribution in [-0.4, -0.2) is 74.5 Å². The summed E-state index contributed by atoms with van der Waals surface area (Å²) in [4.78, 5) is 22.4. The molecule has 4 fully saturated rings. The molecule has 1 amide bonds. The molecule has 0 spiro atoms. The van der Waals surface area contributed by atoms with Crippen molar-refractivity contribution < 1.29 is 38.0 Å². The van der Waals surface area contributed by atoms with Crippen LogP contribution >= 0.6 is 7.82 Å². The largest absolute Gasteiger partial charge is 0.870 e. The number of nitrogens with zero attached hydrogens (tertiary/aromatic N) is 1. The summed E-state index contributed by atoms with van der Waals surface area (Å²) < 4.78 is 28.6. The summed E-state index contributed by atoms with van der Waals surface area (Å²) in [6.07, 6.45) is 14.9. The highest BCUT2D eigenvalue weighted by atomic mass is 31.2. The minimum atomic E-state index is -4.14. The van der Waals surface area contributed by atoms with Crippen LogP contribution < -0.4 is 5.32 Å². The number of fused-ring (bicyclic) bond motifs is 5. The molecule has 0 aromatic heterocycles. The van der Waals surface area contributed by atoms with Gasteiger partial charge in [-0.2, -0.15) is 0 Å². The highest BCUT2D eigenvalue weighted by Crippen LogP contribution is 2.68. The van der Waals surface area contributed by atoms with Gasteiger partial charge in [-0.3, -0.25) is 9.05 Å². The van der Waals surface area contributed by atoms with Gasteiger partial charge in [-0.15, -0.1) is 0 Å². The summed E-state index contributed by atoms with van der Waals surface area (Å²) in [5.41, 5.74) is 0.870. The number of nitrogens with one attached hydrogen (secondary N) is 1. The second-order valence-electron chi connectivity index (χ2n) is 17.1. The second-order valence-corrected chi connectivity index (χ2v) is 18.5. The molecule has 0 aliphatic heterocycles. The van der Waals surface area contributed by atoms with Gasteiger partial charge < -0.3 is 24.9 Å². The Morgan fingerprint density at radius 1 is 0.933 bits per heavy atom. The Morgan fingerprint density at radius 3 is 2.29 bits per heavy atom. The third-order valence-corrected chi connectivity index (χ3v) is 13.8. The Balaban J connectivity index is 0.00000552. The number of carbonyl (C=O) groups excluding carboxylic acids is 1. The molecule has 0 aromatic rings. The van der Waals surface area contributed by atoms with E-state index in [1.54, 1.807) is 0 Å². The van der Waals surface area contributed by atoms with Crippen LogP contribution in [0.5, 0.6) is 0 Å². The smallest absolute Gasteiger partial charge is 0.472 e. The van der Waals surface area contributed by atoms with Crippen molar-refractivity contribution in [3.63, 3.8) is 0 Å². The minimum absolute atomic E-state index is 0. The van der Waals surface area contributed by atoms with E-state index in [-0.39, 0.29) is 31.3 Å². The van der Waals surface area contributed by atoms with Crippen LogP contribution in [-0.2, 0) is 18.3 Å². The molecule has 10 heteroatoms. The fourth-order valence-electron chi connectivity index (χ4n) is 10.3. The number of quaternary nitrogens is 1. The van der Waals surface area contributed by atoms with Crippen molar-refractivity contribution in [1.29, 1.82) is 0 Å². The normalized spacial score (nSPS) is 36.6. The number of likely N-dealkylation sites (N-methyl/N-ethyl adjacent to an activating group) is 1. The van der Waals surface area contributed by atoms with E-state index in [4.69, 9.17) is 13.8 Å². The first kappa shape index (κ1) is 38.7. The van der Waals surface area contributed by atoms with E-state index in [1.807, 2.05) is 21.1 Å². The summed E-state index contributed by atoms with van der Waals surface area (Å²) in [7, 11) is 1.79. The van der Waals surface area contributed by atoms with Gasteiger partial charge in [0.2, 0.25) is 0 Å². The molecule has 3 N–H and O–H groups in total. The molecule has 45 heavy (non-hydrogen) atoms. The molecular formula is C35H67N2O7P. The lowest BCUT2D eigenvalue weighted by molar-refractivity contribution is -0.870. The van der Waals surface area contributed by atoms with Gasteiger partial charge in [0.15, 0.2) is 0 Å². The Morgan fingerprint density at radius 2 is 1.60 bits per heavy atom. The molecular weight excluding hydrogens is 591 g/mol. The number of phosphoric acid groups is 1. The van der Waals surface area contributed by atoms with Crippen molar-refractivity contribution in [3.05, 3.63) is 0 Å². The minimum Gasteiger partial charge on any atom is -0.870 e. The second kappa shape index (κ2) is 15.7. The number of phosphoric ester groups is 1. The fraction of sp³-hybridized carbons (Fsp3) is 0.971. The highest BCUT2D eigenvalue weighted by molar-refractivity contribution is 7.47. The zero-order chi connectivity index (χ0) is 32.3. The Kier molecular flexibility index (Phi) is 13.5. The van der Waals surface area contributed by atoms with E-state index in [1.165, 1.54) is 57.8 Å². The van der Waals surface area contributed by atoms with Gasteiger partial charge in [-0.1, -0.05) is 53.9 Å². The van der Waals surface area contributed by atoms with Crippen molar-refractivity contribution in [3.8, 4) is 0 Å². The molecule has 9 nitrogen and oxygen atoms in total. The average molecular weight is 659 g/mol. The first-order valence-electron chi connectivity index (χ1n) is 17.9. The molecule has 4 unspecified atom stereocenters. The standard InChI is InChI=1S/C35H65N2O6P.H2O/c1-25(2)10-9-11-26(3)30-14-15-31-29-13-12-27-24-28(16-18-34(27,4)32(29)17-19-35(30,31)5)43-33(38)36-20-22-41-44(39,40)42-23-21-37(6,7)8;/h25-32H,9-24H2,1-8H3,(H-,36,38,39,40);1H2/t26-,27-,28-,29?,30-,31?,32?,34+,35-;/m1./s1. The lowest BCUT2D eigenvalue weighted by Crippen LogP contribution is -2.54. The van der Waals surface area contributed by atoms with Gasteiger partial charge in [-0.25, -0.2) is 9.36 Å². The van der Waals surface area contributed by atoms with Crippen molar-refractivity contribution >= 4 is 13.9 Å². The third kappa shape index (κ3) is 9.69. The number of rotatable bonds is 14. The monoisotopic (exact) mass is 658 g/mol. The zero-order valence-corrected chi connectivity index (χ0v) is 30.7. The topological polar surface area (TPSA) is 124 Å². The van der Waals surface area contributed by atoms with E-state index in [9.17, 15) is 14.3 Å². The summed E-state index contributed by atoms with van der Waals surface area (Å²) in [5.74, 6) is 5.71. The average Bonchev–Trinajstić information content (AvgIpc) is 3.27. The highest BCUT2D eigenvalue weighted by Gasteiger charge is 2.60. The van der Waals surface area contributed by atoms with Crippen molar-refractivity contribution in [2.45, 2.75) is 118 Å². The molecule has 0 bridgehead atoms. The Bertz CT molecular complexity index is 1000. The molecule has 10 atom stereocenters. The Labute approximate surface area is 274 Å². The van der Waals surface area contributed by atoms with Crippen molar-refractivity contribution in [2.24, 2.45) is 52.3 Å². The third-order valence-electron chi connectivity index (χ3n) is 12.7. The van der Waals surface area contributed by atoms with E-state index in [2.05, 4.69) is 39.9 Å². The lowest BCUT2D eigenvalue weighted by Gasteiger charge is -2.61. The SMILES string of the molecule is CC(C)CCC[C@@H](C)[C@H]1CCC2C3CC[C@@H]4C[C@H](OC(=O)NCCOP(=O)(O)OCC[N+](C)(C)C)CC[C@]4(C)C3CC[C@@]21C.[OH-]. The van der Waals surface area contributed by atoms with Crippen LogP contribution in [0, 0.1) is 52.3 Å². The first-order valence-corrected chi connectivity index (χ1v) is 19.4. The van der Waals surface area contributed by atoms with Gasteiger partial charge in [0.25, 0.3) is 0 Å². The van der Waals surface area contributed by atoms with Crippen LogP contribution in [0.1, 0.15) is 112 Å². The van der Waals surface area contributed by atoms with E-state index >= 15 is 0 Å². The molecule has 0 saturated heterocycles. The maximum absolute atomic E-state index is 12.6. The molecule has 0 aromatic carbocycles. The first-order chi connectivity index (χ1) is 20.5. The number of alkyl carbamates (subject to hydrolysis) is 1. The van der Waals surface area contributed by atoms with E-state index in [0.717, 1.165) is 54.8 Å². The van der Waals surface area contributed by atoms with Gasteiger partial charge in [0.1, 0.15) is 19.3 Å². The van der Waals surface area contributed by atoms with Gasteiger partial charge in [0, 0.05) is 6.54 Å². The lowest BCUT2D eigenvalue weighted by atomic mass is 9.44. The number of hydrogen-bond acceptors (Lipinski definition) is 6. The van der Waals surface area contributed by atoms with Crippen LogP contribution in [0.2, 0.25) is 0 Å². The molecule has 4 aliphatic rings. The maximum atomic E-state index is 12.6. The quantitative estimate of drug-likeness (QED) is 0.111. The summed E-state index contributed by atoms with van der Waals surface area (Å²) in [5, 5.41) is 2.69. The predicted molar refractivity (Wildman–Crippen MR) is 178 cm³/mol. The van der Waals surface area contributed by atoms with Gasteiger partial charge in [-0.05, 0) is 110 Å². The van der Waals surface area contributed by atoms with Crippen molar-refractivity contribution in [2.75, 3.05) is 47.4 Å². The molecule has 4 aliphatic carbocycles. The van der Waals surface area contributed by atoms with E-state index in [0.29, 0.717) is 27.8 Å². The van der Waals surface area contributed by atoms with Crippen LogP contribution in [0.4, 0.5) is 4.79 Å². The van der Waals surface area contributed by atoms with Crippen LogP contribution in [0.25, 0.3) is 0 Å². The van der Waals surface area contributed by atoms with Gasteiger partial charge >= 0.3 is 13.9 Å². The van der Waals surface area contributed by atoms with E-state index < -0.39 is 13.9 Å². The zero-order valence-electron chi connectivity index (χ0n) is 29.8. The van der Waals surface area contributed by atoms with Crippen LogP contribution in [0.3, 0.4) is 0 Å². The van der Waals surface area contributed by atoms with Crippen LogP contribution in [0.15, 0.2) is 0 Å². The number of ether oxygens (including phenoxy) is 1. The molecule has 264 valence electrons. The molecule has 4 saturated carbocycles. The van der Waals surface area contributed by atoms with Gasteiger partial charge in [0.05, 0.1) is 27.7 Å². The molecule has 0 radical (unpaired) electrons. The maximum Gasteiger partial charge on any atom is 0.472 e. The number of carbonyl (C=O) groups is 1. The molecule has 4 rings (SSSR count). The summed E-state index contributed by atoms with van der Waals surface area (Å²) >= 11 is 0. The fourth-order valence-corrected chi connectivity index (χ4v) is 11.0. The molecule has 0 heterocycles. The predicted octanol–water partition coefficient (Wildman–Crippen LogP) is 7.87. The van der Waals surface area contributed by atoms with Crippen molar-refractivity contribution in [1.82, 2.24) is 5.32 Å². The number of amides is 1. The summed E-state index contributed by atoms with van der Waals surface area (Å²) in [6.45, 7) is 13.2. The number of hydrogen-bond donors (Lipinski definition) is 2.